The van der Waals surface area contributed by atoms with Crippen molar-refractivity contribution in [2.24, 2.45) is 11.7 Å². The normalized spacial score (nSPS) is 20.0. The van der Waals surface area contributed by atoms with Crippen LogP contribution in [-0.4, -0.2) is 55.9 Å². The van der Waals surface area contributed by atoms with Crippen LogP contribution in [0.2, 0.25) is 0 Å². The van der Waals surface area contributed by atoms with Gasteiger partial charge in [0, 0.05) is 25.2 Å². The maximum atomic E-state index is 11.9. The molecule has 5 heteroatoms. The van der Waals surface area contributed by atoms with Crippen molar-refractivity contribution in [1.82, 2.24) is 4.90 Å². The summed E-state index contributed by atoms with van der Waals surface area (Å²) in [5.74, 6) is -0.493. The number of nitrogens with zero attached hydrogens (tertiary/aromatic N) is 1. The molecule has 1 aliphatic heterocycles. The maximum Gasteiger partial charge on any atom is 0.312 e. The van der Waals surface area contributed by atoms with Crippen LogP contribution in [0.1, 0.15) is 20.8 Å². The number of ether oxygens (including phenoxy) is 2. The van der Waals surface area contributed by atoms with E-state index in [1.54, 1.807) is 0 Å². The van der Waals surface area contributed by atoms with Crippen molar-refractivity contribution in [2.45, 2.75) is 26.3 Å². The van der Waals surface area contributed by atoms with Gasteiger partial charge in [-0.15, -0.1) is 0 Å². The maximum absolute atomic E-state index is 11.9. The molecule has 1 heterocycles. The molecule has 0 aliphatic carbocycles. The van der Waals surface area contributed by atoms with Gasteiger partial charge in [0.05, 0.1) is 25.7 Å². The van der Waals surface area contributed by atoms with Crippen LogP contribution in [0.4, 0.5) is 0 Å². The zero-order valence-electron chi connectivity index (χ0n) is 11.1. The Kier molecular flexibility index (Phi) is 5.36. The van der Waals surface area contributed by atoms with E-state index in [2.05, 4.69) is 4.90 Å². The highest BCUT2D eigenvalue weighted by molar-refractivity contribution is 5.74. The predicted molar refractivity (Wildman–Crippen MR) is 65.6 cm³/mol. The Morgan fingerprint density at radius 2 is 2.06 bits per heavy atom. The summed E-state index contributed by atoms with van der Waals surface area (Å²) >= 11 is 0. The van der Waals surface area contributed by atoms with Crippen molar-refractivity contribution < 1.29 is 14.3 Å². The molecule has 5 nitrogen and oxygen atoms in total. The van der Waals surface area contributed by atoms with Crippen molar-refractivity contribution in [1.29, 1.82) is 0 Å². The summed E-state index contributed by atoms with van der Waals surface area (Å²) in [6.45, 7) is 9.71. The lowest BCUT2D eigenvalue weighted by Gasteiger charge is -2.44. The molecule has 1 rings (SSSR count). The van der Waals surface area contributed by atoms with Crippen molar-refractivity contribution in [3.8, 4) is 0 Å². The first kappa shape index (κ1) is 14.4. The SMILES string of the molecule is CCOC(=O)[C@@H](CN)C(C)(C)N1CCOCC1. The van der Waals surface area contributed by atoms with Crippen LogP contribution in [0.25, 0.3) is 0 Å². The van der Waals surface area contributed by atoms with Crippen LogP contribution in [0.5, 0.6) is 0 Å². The lowest BCUT2D eigenvalue weighted by molar-refractivity contribution is -0.154. The highest BCUT2D eigenvalue weighted by Crippen LogP contribution is 2.26. The number of esters is 1. The number of carbonyl (C=O) groups excluding carboxylic acids is 1. The molecule has 1 fully saturated rings. The molecule has 0 aromatic carbocycles. The summed E-state index contributed by atoms with van der Waals surface area (Å²) in [5, 5.41) is 0. The quantitative estimate of drug-likeness (QED) is 0.702. The second-order valence-corrected chi connectivity index (χ2v) is 4.79. The molecular formula is C12H24N2O3. The molecule has 0 bridgehead atoms. The molecule has 2 N–H and O–H groups in total. The van der Waals surface area contributed by atoms with Crippen LogP contribution >= 0.6 is 0 Å². The molecule has 1 aliphatic rings. The van der Waals surface area contributed by atoms with Crippen LogP contribution in [0, 0.1) is 5.92 Å². The second-order valence-electron chi connectivity index (χ2n) is 4.79. The number of morpholine rings is 1. The van der Waals surface area contributed by atoms with Gasteiger partial charge in [-0.05, 0) is 20.8 Å². The Labute approximate surface area is 103 Å². The fourth-order valence-corrected chi connectivity index (χ4v) is 2.28. The Hall–Kier alpha value is -0.650. The Bertz CT molecular complexity index is 250. The smallest absolute Gasteiger partial charge is 0.312 e. The molecule has 0 saturated carbocycles. The highest BCUT2D eigenvalue weighted by Gasteiger charge is 2.40. The van der Waals surface area contributed by atoms with Crippen molar-refractivity contribution in [3.05, 3.63) is 0 Å². The lowest BCUT2D eigenvalue weighted by Crippen LogP contribution is -2.57. The highest BCUT2D eigenvalue weighted by atomic mass is 16.5. The fraction of sp³-hybridized carbons (Fsp3) is 0.917. The third kappa shape index (κ3) is 3.40. The van der Waals surface area contributed by atoms with Gasteiger partial charge in [0.25, 0.3) is 0 Å². The zero-order valence-corrected chi connectivity index (χ0v) is 11.1. The molecular weight excluding hydrogens is 220 g/mol. The van der Waals surface area contributed by atoms with Gasteiger partial charge in [-0.2, -0.15) is 0 Å². The van der Waals surface area contributed by atoms with Gasteiger partial charge in [0.2, 0.25) is 0 Å². The van der Waals surface area contributed by atoms with E-state index in [4.69, 9.17) is 15.2 Å². The number of carbonyl (C=O) groups is 1. The van der Waals surface area contributed by atoms with E-state index in [-0.39, 0.29) is 17.4 Å². The molecule has 17 heavy (non-hydrogen) atoms. The van der Waals surface area contributed by atoms with Crippen molar-refractivity contribution >= 4 is 5.97 Å². The van der Waals surface area contributed by atoms with Gasteiger partial charge in [-0.3, -0.25) is 9.69 Å². The van der Waals surface area contributed by atoms with Gasteiger partial charge in [-0.1, -0.05) is 0 Å². The molecule has 0 unspecified atom stereocenters. The minimum Gasteiger partial charge on any atom is -0.466 e. The van der Waals surface area contributed by atoms with Crippen molar-refractivity contribution in [2.75, 3.05) is 39.5 Å². The zero-order chi connectivity index (χ0) is 12.9. The topological polar surface area (TPSA) is 64.8 Å². The number of hydrogen-bond donors (Lipinski definition) is 1. The van der Waals surface area contributed by atoms with Crippen LogP contribution in [0.3, 0.4) is 0 Å². The van der Waals surface area contributed by atoms with Crippen LogP contribution < -0.4 is 5.73 Å². The van der Waals surface area contributed by atoms with Crippen molar-refractivity contribution in [3.63, 3.8) is 0 Å². The van der Waals surface area contributed by atoms with Gasteiger partial charge < -0.3 is 15.2 Å². The molecule has 1 atom stereocenters. The van der Waals surface area contributed by atoms with Gasteiger partial charge in [0.1, 0.15) is 0 Å². The lowest BCUT2D eigenvalue weighted by atomic mass is 9.85. The monoisotopic (exact) mass is 244 g/mol. The summed E-state index contributed by atoms with van der Waals surface area (Å²) in [4.78, 5) is 14.2. The summed E-state index contributed by atoms with van der Waals surface area (Å²) < 4.78 is 10.4. The van der Waals surface area contributed by atoms with E-state index < -0.39 is 0 Å². The molecule has 100 valence electrons. The Morgan fingerprint density at radius 1 is 1.47 bits per heavy atom. The fourth-order valence-electron chi connectivity index (χ4n) is 2.28. The second kappa shape index (κ2) is 6.33. The van der Waals surface area contributed by atoms with E-state index in [1.807, 2.05) is 20.8 Å². The first-order valence-corrected chi connectivity index (χ1v) is 6.23. The third-order valence-electron chi connectivity index (χ3n) is 3.49. The van der Waals surface area contributed by atoms with Crippen LogP contribution in [-0.2, 0) is 14.3 Å². The summed E-state index contributed by atoms with van der Waals surface area (Å²) in [7, 11) is 0. The third-order valence-corrected chi connectivity index (χ3v) is 3.49. The Balaban J connectivity index is 2.72. The molecule has 0 radical (unpaired) electrons. The number of hydrogen-bond acceptors (Lipinski definition) is 5. The molecule has 1 saturated heterocycles. The minimum atomic E-state index is -0.291. The van der Waals surface area contributed by atoms with E-state index in [0.29, 0.717) is 26.4 Å². The predicted octanol–water partition coefficient (Wildman–Crippen LogP) is 0.235. The van der Waals surface area contributed by atoms with E-state index in [1.165, 1.54) is 0 Å². The van der Waals surface area contributed by atoms with E-state index >= 15 is 0 Å². The molecule has 0 amide bonds. The largest absolute Gasteiger partial charge is 0.466 e. The number of nitrogens with two attached hydrogens (primary N) is 1. The summed E-state index contributed by atoms with van der Waals surface area (Å²) in [6.07, 6.45) is 0. The first-order valence-electron chi connectivity index (χ1n) is 6.23. The van der Waals surface area contributed by atoms with Gasteiger partial charge in [0.15, 0.2) is 0 Å². The van der Waals surface area contributed by atoms with Gasteiger partial charge >= 0.3 is 5.97 Å². The summed E-state index contributed by atoms with van der Waals surface area (Å²) in [6, 6.07) is 0. The number of rotatable bonds is 5. The molecule has 0 aromatic rings. The average Bonchev–Trinajstić information content (AvgIpc) is 2.31. The summed E-state index contributed by atoms with van der Waals surface area (Å²) in [5.41, 5.74) is 5.45. The van der Waals surface area contributed by atoms with Crippen LogP contribution in [0.15, 0.2) is 0 Å². The Morgan fingerprint density at radius 3 is 2.53 bits per heavy atom. The van der Waals surface area contributed by atoms with E-state index in [0.717, 1.165) is 13.1 Å². The first-order chi connectivity index (χ1) is 8.04. The van der Waals surface area contributed by atoms with E-state index in [9.17, 15) is 4.79 Å². The molecule has 0 aromatic heterocycles. The average molecular weight is 244 g/mol. The standard InChI is InChI=1S/C12H24N2O3/c1-4-17-11(15)10(9-13)12(2,3)14-5-7-16-8-6-14/h10H,4-9,13H2,1-3H3/t10-/m1/s1. The van der Waals surface area contributed by atoms with Gasteiger partial charge in [-0.25, -0.2) is 0 Å². The minimum absolute atomic E-state index is 0.202. The molecule has 0 spiro atoms.